The molecule has 3 heterocycles. The number of hydrogen-bond acceptors (Lipinski definition) is 19. The first kappa shape index (κ1) is 65.4. The molecule has 7 rings (SSSR count). The van der Waals surface area contributed by atoms with Crippen molar-refractivity contribution in [3.63, 3.8) is 0 Å². The first-order chi connectivity index (χ1) is 40.6. The summed E-state index contributed by atoms with van der Waals surface area (Å²) in [5.74, 6) is -9.50. The maximum Gasteiger partial charge on any atom is 0.408 e. The van der Waals surface area contributed by atoms with Gasteiger partial charge in [-0.3, -0.25) is 33.6 Å². The fourth-order valence-electron chi connectivity index (χ4n) is 10.9. The molecule has 86 heavy (non-hydrogen) atoms. The summed E-state index contributed by atoms with van der Waals surface area (Å²) < 4.78 is 16.4. The lowest BCUT2D eigenvalue weighted by Crippen LogP contribution is -2.64. The number of rotatable bonds is 14. The van der Waals surface area contributed by atoms with Crippen LogP contribution < -0.4 is 42.0 Å². The van der Waals surface area contributed by atoms with Gasteiger partial charge >= 0.3 is 12.2 Å². The number of hydrogen-bond donors (Lipinski definition) is 14. The second-order valence-corrected chi connectivity index (χ2v) is 23.0. The molecule has 0 bridgehead atoms. The van der Waals surface area contributed by atoms with Gasteiger partial charge < -0.3 is 97.0 Å². The monoisotopic (exact) mass is 1200 g/mol. The predicted molar refractivity (Wildman–Crippen MR) is 302 cm³/mol. The number of nitrogens with zero attached hydrogens (tertiary/aromatic N) is 2. The molecule has 3 aromatic carbocycles. The van der Waals surface area contributed by atoms with Crippen LogP contribution in [0.15, 0.2) is 66.7 Å². The van der Waals surface area contributed by atoms with Crippen molar-refractivity contribution in [1.82, 2.24) is 47.0 Å². The maximum atomic E-state index is 15.1. The van der Waals surface area contributed by atoms with Crippen molar-refractivity contribution < 1.29 is 93.1 Å². The molecule has 0 spiro atoms. The summed E-state index contributed by atoms with van der Waals surface area (Å²) in [7, 11) is 1.35. The molecule has 13 atom stereocenters. The summed E-state index contributed by atoms with van der Waals surface area (Å²) in [6, 6.07) is 7.58. The molecule has 28 nitrogen and oxygen atoms in total. The second-order valence-electron chi connectivity index (χ2n) is 23.0. The third-order valence-corrected chi connectivity index (χ3v) is 15.3. The van der Waals surface area contributed by atoms with E-state index < -0.39 is 196 Å². The Morgan fingerprint density at radius 2 is 1.37 bits per heavy atom. The molecule has 14 N–H and O–H groups in total. The SMILES string of the molecule is CNC(=O)COc1cc(C[C@@H](O)[C@@H]2NC(=O)[C@@H]3C[C@@H](O)CN3C(=O)[C@H]([C@@H](C)O)NC(=O)[C@@H](NC(=O)OC(C)(C)C)C[C@@H](O)CNC(=O)[C@@H]3[C@@H](O)[C@@H](C)CN3C(=O)[C@H]([C@H](O)CCNC(=O)OCC3c4ccccc4-c4ccccc43)NC2=O)ccc1O. The smallest absolute Gasteiger partial charge is 0.408 e. The van der Waals surface area contributed by atoms with Crippen LogP contribution in [0.25, 0.3) is 11.1 Å². The number of phenolic OH excluding ortho intramolecular Hbond substituents is 1. The van der Waals surface area contributed by atoms with Crippen molar-refractivity contribution >= 4 is 53.5 Å². The Kier molecular flexibility index (Phi) is 21.6. The average molecular weight is 1200 g/mol. The van der Waals surface area contributed by atoms with Crippen molar-refractivity contribution in [1.29, 1.82) is 0 Å². The van der Waals surface area contributed by atoms with Gasteiger partial charge in [0.1, 0.15) is 48.5 Å². The molecule has 0 unspecified atom stereocenters. The van der Waals surface area contributed by atoms with Crippen LogP contribution in [-0.2, 0) is 49.5 Å². The van der Waals surface area contributed by atoms with E-state index in [2.05, 4.69) is 37.2 Å². The predicted octanol–water partition coefficient (Wildman–Crippen LogP) is -2.51. The molecule has 0 aromatic heterocycles. The number of phenols is 1. The Morgan fingerprint density at radius 3 is 2.01 bits per heavy atom. The highest BCUT2D eigenvalue weighted by molar-refractivity contribution is 5.98. The second kappa shape index (κ2) is 28.4. The first-order valence-corrected chi connectivity index (χ1v) is 28.3. The van der Waals surface area contributed by atoms with Gasteiger partial charge in [-0.15, -0.1) is 0 Å². The Hall–Kier alpha value is -8.15. The van der Waals surface area contributed by atoms with Gasteiger partial charge in [-0.05, 0) is 74.1 Å². The fraction of sp³-hybridized carbons (Fsp3) is 0.534. The largest absolute Gasteiger partial charge is 0.504 e. The van der Waals surface area contributed by atoms with Crippen LogP contribution in [0.3, 0.4) is 0 Å². The Balaban J connectivity index is 1.23. The summed E-state index contributed by atoms with van der Waals surface area (Å²) in [5.41, 5.74) is 2.88. The Bertz CT molecular complexity index is 2950. The molecule has 0 saturated carbocycles. The van der Waals surface area contributed by atoms with Crippen LogP contribution in [0, 0.1) is 5.92 Å². The fourth-order valence-corrected chi connectivity index (χ4v) is 10.9. The van der Waals surface area contributed by atoms with Crippen molar-refractivity contribution in [2.45, 2.75) is 145 Å². The summed E-state index contributed by atoms with van der Waals surface area (Å²) in [4.78, 5) is 128. The van der Waals surface area contributed by atoms with E-state index in [0.29, 0.717) is 0 Å². The zero-order chi connectivity index (χ0) is 62.9. The number of ether oxygens (including phenoxy) is 3. The quantitative estimate of drug-likeness (QED) is 0.0793. The zero-order valence-electron chi connectivity index (χ0n) is 48.4. The van der Waals surface area contributed by atoms with Gasteiger partial charge in [0.05, 0.1) is 36.6 Å². The standard InChI is InChI=1S/C58H77N9O19/c1-28-24-67-48(49(28)75)53(79)61-23-31(69)21-38(62-57(83)86-58(3,4)5)50(76)63-45(29(2)68)54(80)66-25-32(70)22-39(66)51(77)64-46(42(73)19-30-15-16-40(71)43(20-30)84-27-44(74)59-6)52(78)65-47(55(67)81)41(72)17-18-60-56(82)85-26-37-35-13-9-7-11-33(35)34-12-8-10-14-36(34)37/h7-16,20,28-29,31-32,37-39,41-42,45-49,68-73,75H,17-19,21-27H2,1-6H3,(H,59,74)(H,60,82)(H,61,79)(H,62,83)(H,63,76)(H,64,77)(H,65,78)/t28-,29+,31+,32+,38-,39-,41+,42+,45-,46-,47-,48-,49-/m0/s1. The van der Waals surface area contributed by atoms with Gasteiger partial charge in [0, 0.05) is 64.3 Å². The first-order valence-electron chi connectivity index (χ1n) is 28.3. The van der Waals surface area contributed by atoms with Gasteiger partial charge in [-0.2, -0.15) is 0 Å². The van der Waals surface area contributed by atoms with Crippen molar-refractivity contribution in [2.75, 3.05) is 46.4 Å². The van der Waals surface area contributed by atoms with Gasteiger partial charge in [0.2, 0.25) is 35.4 Å². The number of aliphatic hydroxyl groups is 6. The third kappa shape index (κ3) is 16.0. The molecule has 3 aromatic rings. The normalized spacial score (nSPS) is 26.1. The number of β-amino-alcohol motifs (C(OH)–C–C–N with tert-alkyl or cyclic N) is 1. The van der Waals surface area contributed by atoms with Crippen molar-refractivity contribution in [2.24, 2.45) is 5.92 Å². The molecular weight excluding hydrogens is 1130 g/mol. The van der Waals surface area contributed by atoms with Crippen LogP contribution in [0.1, 0.15) is 76.5 Å². The topological polar surface area (TPSA) is 414 Å². The molecule has 3 saturated heterocycles. The van der Waals surface area contributed by atoms with E-state index in [1.807, 2.05) is 48.5 Å². The minimum absolute atomic E-state index is 0.0785. The molecule has 468 valence electrons. The maximum absolute atomic E-state index is 15.1. The lowest BCUT2D eigenvalue weighted by Gasteiger charge is -2.34. The summed E-state index contributed by atoms with van der Waals surface area (Å²) >= 11 is 0. The van der Waals surface area contributed by atoms with Crippen LogP contribution in [0.2, 0.25) is 0 Å². The molecule has 3 fully saturated rings. The number of aliphatic hydroxyl groups excluding tert-OH is 6. The lowest BCUT2D eigenvalue weighted by molar-refractivity contribution is -0.147. The van der Waals surface area contributed by atoms with Crippen molar-refractivity contribution in [3.05, 3.63) is 83.4 Å². The number of aromatic hydroxyl groups is 1. The summed E-state index contributed by atoms with van der Waals surface area (Å²) in [6.45, 7) is 4.56. The number of carbonyl (C=O) groups is 9. The van der Waals surface area contributed by atoms with Gasteiger partial charge in [0.15, 0.2) is 18.1 Å². The van der Waals surface area contributed by atoms with E-state index in [1.54, 1.807) is 0 Å². The number of amides is 9. The molecule has 3 aliphatic heterocycles. The number of alkyl carbamates (subject to hydrolysis) is 2. The van der Waals surface area contributed by atoms with E-state index in [1.165, 1.54) is 46.9 Å². The highest BCUT2D eigenvalue weighted by Gasteiger charge is 2.50. The minimum Gasteiger partial charge on any atom is -0.504 e. The van der Waals surface area contributed by atoms with Crippen LogP contribution in [0.4, 0.5) is 9.59 Å². The van der Waals surface area contributed by atoms with Crippen LogP contribution in [0.5, 0.6) is 11.5 Å². The van der Waals surface area contributed by atoms with Crippen LogP contribution >= 0.6 is 0 Å². The van der Waals surface area contributed by atoms with Gasteiger partial charge in [-0.25, -0.2) is 9.59 Å². The van der Waals surface area contributed by atoms with Gasteiger partial charge in [0.25, 0.3) is 5.91 Å². The molecule has 9 amide bonds. The molecule has 4 aliphatic rings. The number of fused-ring (bicyclic) bond motifs is 5. The number of carbonyl (C=O) groups excluding carboxylic acids is 9. The number of nitrogens with one attached hydrogen (secondary N) is 7. The van der Waals surface area contributed by atoms with E-state index in [9.17, 15) is 74.1 Å². The Labute approximate surface area is 495 Å². The summed E-state index contributed by atoms with van der Waals surface area (Å²) in [6.07, 6.45) is -14.8. The highest BCUT2D eigenvalue weighted by atomic mass is 16.6. The Morgan fingerprint density at radius 1 is 0.744 bits per heavy atom. The molecule has 28 heteroatoms. The van der Waals surface area contributed by atoms with Crippen molar-refractivity contribution in [3.8, 4) is 22.6 Å². The van der Waals surface area contributed by atoms with Gasteiger partial charge in [-0.1, -0.05) is 61.5 Å². The van der Waals surface area contributed by atoms with E-state index >= 15 is 4.79 Å². The molecule has 0 radical (unpaired) electrons. The number of likely N-dealkylation sites (N-methyl/N-ethyl adjacent to an activating group) is 1. The highest BCUT2D eigenvalue weighted by Crippen LogP contribution is 2.44. The van der Waals surface area contributed by atoms with E-state index in [0.717, 1.165) is 45.0 Å². The third-order valence-electron chi connectivity index (χ3n) is 15.3. The summed E-state index contributed by atoms with van der Waals surface area (Å²) in [5, 5.41) is 96.4. The zero-order valence-corrected chi connectivity index (χ0v) is 48.4. The van der Waals surface area contributed by atoms with Crippen LogP contribution in [-0.4, -0.2) is 224 Å². The minimum atomic E-state index is -2.16. The molecule has 1 aliphatic carbocycles. The molecular formula is C58H77N9O19. The average Bonchev–Trinajstić information content (AvgIpc) is 1.71. The number of benzene rings is 3. The van der Waals surface area contributed by atoms with E-state index in [-0.39, 0.29) is 30.4 Å². The van der Waals surface area contributed by atoms with E-state index in [4.69, 9.17) is 14.2 Å². The lowest BCUT2D eigenvalue weighted by atomic mass is 9.98.